The highest BCUT2D eigenvalue weighted by molar-refractivity contribution is 5.91. The second-order valence-electron chi connectivity index (χ2n) is 7.61. The number of hydrogen-bond acceptors (Lipinski definition) is 4. The predicted molar refractivity (Wildman–Crippen MR) is 104 cm³/mol. The molecule has 2 aliphatic rings. The minimum Gasteiger partial charge on any atom is -0.497 e. The van der Waals surface area contributed by atoms with Gasteiger partial charge in [-0.25, -0.2) is 0 Å². The fraction of sp³-hybridized carbons (Fsp3) is 0.667. The van der Waals surface area contributed by atoms with Crippen LogP contribution in [0.15, 0.2) is 18.2 Å². The summed E-state index contributed by atoms with van der Waals surface area (Å²) in [5.74, 6) is 1.56. The fourth-order valence-corrected chi connectivity index (χ4v) is 4.17. The molecule has 1 N–H and O–H groups in total. The number of carbonyl (C=O) groups excluding carboxylic acids is 1. The van der Waals surface area contributed by atoms with Crippen molar-refractivity contribution in [1.82, 2.24) is 4.90 Å². The predicted octanol–water partition coefficient (Wildman–Crippen LogP) is 3.61. The summed E-state index contributed by atoms with van der Waals surface area (Å²) in [7, 11) is 1.65. The number of ether oxygens (including phenoxy) is 2. The molecule has 0 aliphatic carbocycles. The molecule has 5 nitrogen and oxygen atoms in total. The van der Waals surface area contributed by atoms with Crippen molar-refractivity contribution in [2.75, 3.05) is 38.7 Å². The van der Waals surface area contributed by atoms with Gasteiger partial charge in [0.05, 0.1) is 7.11 Å². The molecule has 0 unspecified atom stereocenters. The molecule has 1 amide bonds. The number of rotatable bonds is 6. The molecule has 1 atom stereocenters. The molecule has 0 bridgehead atoms. The van der Waals surface area contributed by atoms with Crippen molar-refractivity contribution < 1.29 is 14.3 Å². The van der Waals surface area contributed by atoms with Crippen molar-refractivity contribution in [1.29, 1.82) is 0 Å². The van der Waals surface area contributed by atoms with Crippen molar-refractivity contribution in [3.05, 3.63) is 23.8 Å². The van der Waals surface area contributed by atoms with E-state index in [4.69, 9.17) is 9.47 Å². The SMILES string of the molecule is COc1ccc(NC(=O)CC[C@H]2CCCN(C3CCOCC3)C2)c(C)c1. The number of methoxy groups -OCH3 is 1. The number of piperidine rings is 1. The van der Waals surface area contributed by atoms with Crippen LogP contribution in [0.25, 0.3) is 0 Å². The van der Waals surface area contributed by atoms with Gasteiger partial charge < -0.3 is 14.8 Å². The Morgan fingerprint density at radius 3 is 2.85 bits per heavy atom. The zero-order valence-electron chi connectivity index (χ0n) is 16.1. The van der Waals surface area contributed by atoms with Crippen LogP contribution in [-0.2, 0) is 9.53 Å². The second-order valence-corrected chi connectivity index (χ2v) is 7.61. The van der Waals surface area contributed by atoms with Crippen LogP contribution in [0.4, 0.5) is 5.69 Å². The third-order valence-electron chi connectivity index (χ3n) is 5.74. The Kier molecular flexibility index (Phi) is 6.92. The van der Waals surface area contributed by atoms with Crippen molar-refractivity contribution in [3.63, 3.8) is 0 Å². The molecule has 1 aromatic rings. The third-order valence-corrected chi connectivity index (χ3v) is 5.74. The first kappa shape index (κ1) is 19.2. The van der Waals surface area contributed by atoms with Gasteiger partial charge in [-0.15, -0.1) is 0 Å². The van der Waals surface area contributed by atoms with Gasteiger partial charge in [0.15, 0.2) is 0 Å². The third kappa shape index (κ3) is 5.21. The number of amides is 1. The summed E-state index contributed by atoms with van der Waals surface area (Å²) in [6.07, 6.45) is 6.38. The Balaban J connectivity index is 1.45. The number of carbonyl (C=O) groups is 1. The van der Waals surface area contributed by atoms with Crippen molar-refractivity contribution in [2.45, 2.75) is 51.5 Å². The lowest BCUT2D eigenvalue weighted by Crippen LogP contribution is -2.45. The van der Waals surface area contributed by atoms with Gasteiger partial charge in [-0.2, -0.15) is 0 Å². The Bertz CT molecular complexity index is 599. The zero-order valence-corrected chi connectivity index (χ0v) is 16.1. The van der Waals surface area contributed by atoms with Crippen LogP contribution in [0.1, 0.15) is 44.1 Å². The molecule has 2 saturated heterocycles. The number of hydrogen-bond donors (Lipinski definition) is 1. The molecule has 26 heavy (non-hydrogen) atoms. The van der Waals surface area contributed by atoms with E-state index in [-0.39, 0.29) is 5.91 Å². The van der Waals surface area contributed by atoms with Gasteiger partial charge in [0.1, 0.15) is 5.75 Å². The van der Waals surface area contributed by atoms with E-state index in [1.807, 2.05) is 25.1 Å². The van der Waals surface area contributed by atoms with Crippen LogP contribution in [0.2, 0.25) is 0 Å². The van der Waals surface area contributed by atoms with E-state index in [1.54, 1.807) is 7.11 Å². The first-order valence-electron chi connectivity index (χ1n) is 9.92. The highest BCUT2D eigenvalue weighted by atomic mass is 16.5. The van der Waals surface area contributed by atoms with Gasteiger partial charge in [0.25, 0.3) is 0 Å². The van der Waals surface area contributed by atoms with Crippen LogP contribution in [-0.4, -0.2) is 50.3 Å². The number of nitrogens with zero attached hydrogens (tertiary/aromatic N) is 1. The average Bonchev–Trinajstić information content (AvgIpc) is 2.69. The summed E-state index contributed by atoms with van der Waals surface area (Å²) in [5, 5.41) is 3.05. The molecule has 2 aliphatic heterocycles. The van der Waals surface area contributed by atoms with Crippen LogP contribution >= 0.6 is 0 Å². The Morgan fingerprint density at radius 2 is 2.12 bits per heavy atom. The Morgan fingerprint density at radius 1 is 1.31 bits per heavy atom. The van der Waals surface area contributed by atoms with Crippen molar-refractivity contribution in [2.24, 2.45) is 5.92 Å². The normalized spacial score (nSPS) is 22.2. The molecule has 0 saturated carbocycles. The Hall–Kier alpha value is -1.59. The topological polar surface area (TPSA) is 50.8 Å². The molecule has 3 rings (SSSR count). The molecule has 0 aromatic heterocycles. The van der Waals surface area contributed by atoms with Gasteiger partial charge in [0.2, 0.25) is 5.91 Å². The first-order chi connectivity index (χ1) is 12.7. The molecule has 0 radical (unpaired) electrons. The first-order valence-corrected chi connectivity index (χ1v) is 9.92. The second kappa shape index (κ2) is 9.38. The molecule has 2 fully saturated rings. The molecule has 2 heterocycles. The zero-order chi connectivity index (χ0) is 18.4. The van der Waals surface area contributed by atoms with E-state index in [0.717, 1.165) is 56.0 Å². The van der Waals surface area contributed by atoms with Gasteiger partial charge in [-0.3, -0.25) is 9.69 Å². The summed E-state index contributed by atoms with van der Waals surface area (Å²) in [6.45, 7) is 6.13. The lowest BCUT2D eigenvalue weighted by Gasteiger charge is -2.40. The minimum absolute atomic E-state index is 0.112. The van der Waals surface area contributed by atoms with E-state index in [2.05, 4.69) is 10.2 Å². The quantitative estimate of drug-likeness (QED) is 0.842. The maximum absolute atomic E-state index is 12.4. The van der Waals surface area contributed by atoms with Gasteiger partial charge in [0, 0.05) is 37.9 Å². The van der Waals surface area contributed by atoms with Gasteiger partial charge in [-0.05, 0) is 75.3 Å². The summed E-state index contributed by atoms with van der Waals surface area (Å²) >= 11 is 0. The van der Waals surface area contributed by atoms with E-state index >= 15 is 0 Å². The molecular formula is C21H32N2O3. The number of nitrogens with one attached hydrogen (secondary N) is 1. The molecule has 5 heteroatoms. The standard InChI is InChI=1S/C21H32N2O3/c1-16-14-19(25-2)6-7-20(16)22-21(24)8-5-17-4-3-11-23(15-17)18-9-12-26-13-10-18/h6-7,14,17-18H,3-5,8-13,15H2,1-2H3,(H,22,24)/t17-/m1/s1. The summed E-state index contributed by atoms with van der Waals surface area (Å²) in [6, 6.07) is 6.43. The summed E-state index contributed by atoms with van der Waals surface area (Å²) in [5.41, 5.74) is 1.91. The van der Waals surface area contributed by atoms with E-state index < -0.39 is 0 Å². The molecule has 1 aromatic carbocycles. The summed E-state index contributed by atoms with van der Waals surface area (Å²) < 4.78 is 10.7. The molecular weight excluding hydrogens is 328 g/mol. The fourth-order valence-electron chi connectivity index (χ4n) is 4.17. The lowest BCUT2D eigenvalue weighted by atomic mass is 9.91. The highest BCUT2D eigenvalue weighted by Crippen LogP contribution is 2.26. The number of likely N-dealkylation sites (tertiary alicyclic amines) is 1. The molecule has 144 valence electrons. The number of benzene rings is 1. The monoisotopic (exact) mass is 360 g/mol. The molecule has 0 spiro atoms. The minimum atomic E-state index is 0.112. The van der Waals surface area contributed by atoms with Crippen LogP contribution in [0, 0.1) is 12.8 Å². The van der Waals surface area contributed by atoms with Gasteiger partial charge >= 0.3 is 0 Å². The lowest BCUT2D eigenvalue weighted by molar-refractivity contribution is -0.116. The number of aryl methyl sites for hydroxylation is 1. The van der Waals surface area contributed by atoms with E-state index in [9.17, 15) is 4.79 Å². The van der Waals surface area contributed by atoms with Gasteiger partial charge in [-0.1, -0.05) is 0 Å². The Labute approximate surface area is 157 Å². The van der Waals surface area contributed by atoms with Crippen molar-refractivity contribution in [3.8, 4) is 5.75 Å². The highest BCUT2D eigenvalue weighted by Gasteiger charge is 2.27. The van der Waals surface area contributed by atoms with Crippen LogP contribution in [0.5, 0.6) is 5.75 Å². The number of anilines is 1. The largest absolute Gasteiger partial charge is 0.497 e. The van der Waals surface area contributed by atoms with Crippen molar-refractivity contribution >= 4 is 11.6 Å². The maximum Gasteiger partial charge on any atom is 0.224 e. The van der Waals surface area contributed by atoms with Crippen LogP contribution in [0.3, 0.4) is 0 Å². The maximum atomic E-state index is 12.4. The van der Waals surface area contributed by atoms with E-state index in [0.29, 0.717) is 18.4 Å². The smallest absolute Gasteiger partial charge is 0.224 e. The van der Waals surface area contributed by atoms with E-state index in [1.165, 1.54) is 19.4 Å². The van der Waals surface area contributed by atoms with Crippen LogP contribution < -0.4 is 10.1 Å². The summed E-state index contributed by atoms with van der Waals surface area (Å²) in [4.78, 5) is 15.0. The average molecular weight is 360 g/mol.